The van der Waals surface area contributed by atoms with E-state index in [9.17, 15) is 9.18 Å². The molecule has 1 aromatic heterocycles. The first-order chi connectivity index (χ1) is 17.0. The molecule has 0 aliphatic carbocycles. The van der Waals surface area contributed by atoms with Gasteiger partial charge in [-0.2, -0.15) is 0 Å². The Hall–Kier alpha value is -3.10. The van der Waals surface area contributed by atoms with Crippen molar-refractivity contribution >= 4 is 14.3 Å². The van der Waals surface area contributed by atoms with Crippen LogP contribution in [0.4, 0.5) is 4.39 Å². The van der Waals surface area contributed by atoms with E-state index in [0.717, 1.165) is 5.56 Å². The predicted molar refractivity (Wildman–Crippen MR) is 141 cm³/mol. The summed E-state index contributed by atoms with van der Waals surface area (Å²) in [6.45, 7) is 12.9. The summed E-state index contributed by atoms with van der Waals surface area (Å²) in [6, 6.07) is 15.7. The Balaban J connectivity index is 1.79. The Morgan fingerprint density at radius 2 is 1.75 bits per heavy atom. The van der Waals surface area contributed by atoms with E-state index in [0.29, 0.717) is 29.3 Å². The molecule has 0 aliphatic rings. The minimum atomic E-state index is -2.23. The molecule has 1 heterocycles. The van der Waals surface area contributed by atoms with Gasteiger partial charge >= 0.3 is 5.97 Å². The van der Waals surface area contributed by atoms with Gasteiger partial charge in [-0.1, -0.05) is 51.1 Å². The van der Waals surface area contributed by atoms with Crippen LogP contribution in [0.3, 0.4) is 0 Å². The molecule has 0 unspecified atom stereocenters. The summed E-state index contributed by atoms with van der Waals surface area (Å²) in [5, 5.41) is -0.0588. The molecule has 0 N–H and O–H groups in total. The molecular formula is C28H35FN2O4Si. The number of aromatic nitrogens is 2. The lowest BCUT2D eigenvalue weighted by molar-refractivity contribution is -0.152. The van der Waals surface area contributed by atoms with Crippen LogP contribution in [-0.4, -0.2) is 37.0 Å². The summed E-state index contributed by atoms with van der Waals surface area (Å²) in [5.41, 5.74) is 1.77. The number of hydrogen-bond donors (Lipinski definition) is 0. The van der Waals surface area contributed by atoms with E-state index in [1.165, 1.54) is 6.07 Å². The van der Waals surface area contributed by atoms with Gasteiger partial charge in [-0.25, -0.2) is 19.2 Å². The number of ether oxygens (including phenoxy) is 2. The molecule has 3 rings (SSSR count). The summed E-state index contributed by atoms with van der Waals surface area (Å²) in [4.78, 5) is 21.5. The number of nitrogens with zero attached hydrogens (tertiary/aromatic N) is 2. The summed E-state index contributed by atoms with van der Waals surface area (Å²) < 4.78 is 32.1. The third kappa shape index (κ3) is 6.98. The lowest BCUT2D eigenvalue weighted by Gasteiger charge is -2.38. The van der Waals surface area contributed by atoms with Crippen molar-refractivity contribution in [1.82, 2.24) is 9.97 Å². The van der Waals surface area contributed by atoms with Crippen LogP contribution >= 0.6 is 0 Å². The topological polar surface area (TPSA) is 70.5 Å². The molecule has 192 valence electrons. The van der Waals surface area contributed by atoms with Gasteiger partial charge in [-0.15, -0.1) is 0 Å². The van der Waals surface area contributed by atoms with Crippen LogP contribution in [0.5, 0.6) is 5.75 Å². The Morgan fingerprint density at radius 1 is 1.06 bits per heavy atom. The highest BCUT2D eigenvalue weighted by Crippen LogP contribution is 2.38. The Morgan fingerprint density at radius 3 is 2.44 bits per heavy atom. The zero-order chi connectivity index (χ0) is 26.3. The molecule has 0 fully saturated rings. The molecule has 0 amide bonds. The number of hydrogen-bond acceptors (Lipinski definition) is 6. The van der Waals surface area contributed by atoms with Crippen molar-refractivity contribution in [3.8, 4) is 17.1 Å². The van der Waals surface area contributed by atoms with Crippen molar-refractivity contribution in [1.29, 1.82) is 0 Å². The summed E-state index contributed by atoms with van der Waals surface area (Å²) in [7, 11) is -2.23. The largest absolute Gasteiger partial charge is 0.487 e. The number of carbonyl (C=O) groups excluding carboxylic acids is 1. The maximum Gasteiger partial charge on any atom is 0.334 e. The van der Waals surface area contributed by atoms with Gasteiger partial charge in [0.25, 0.3) is 0 Å². The van der Waals surface area contributed by atoms with Crippen LogP contribution in [0, 0.1) is 5.82 Å². The summed E-state index contributed by atoms with van der Waals surface area (Å²) in [6.07, 6.45) is 1.18. The fourth-order valence-corrected chi connectivity index (χ4v) is 4.60. The third-order valence-electron chi connectivity index (χ3n) is 6.37. The van der Waals surface area contributed by atoms with E-state index in [4.69, 9.17) is 13.9 Å². The van der Waals surface area contributed by atoms with E-state index < -0.39 is 14.4 Å². The smallest absolute Gasteiger partial charge is 0.334 e. The molecule has 0 bridgehead atoms. The van der Waals surface area contributed by atoms with Crippen molar-refractivity contribution in [2.45, 2.75) is 65.0 Å². The highest BCUT2D eigenvalue weighted by atomic mass is 28.4. The number of carbonyl (C=O) groups is 1. The first kappa shape index (κ1) is 27.5. The van der Waals surface area contributed by atoms with Crippen molar-refractivity contribution in [2.24, 2.45) is 0 Å². The maximum absolute atomic E-state index is 14.2. The van der Waals surface area contributed by atoms with Crippen molar-refractivity contribution in [3.63, 3.8) is 0 Å². The van der Waals surface area contributed by atoms with Crippen molar-refractivity contribution < 1.29 is 23.1 Å². The minimum Gasteiger partial charge on any atom is -0.487 e. The van der Waals surface area contributed by atoms with E-state index in [-0.39, 0.29) is 30.0 Å². The van der Waals surface area contributed by atoms with Gasteiger partial charge in [0.1, 0.15) is 24.3 Å². The predicted octanol–water partition coefficient (Wildman–Crippen LogP) is 6.36. The first-order valence-electron chi connectivity index (χ1n) is 12.1. The van der Waals surface area contributed by atoms with Gasteiger partial charge in [-0.05, 0) is 54.9 Å². The highest BCUT2D eigenvalue weighted by Gasteiger charge is 2.41. The normalized spacial score (nSPS) is 12.8. The highest BCUT2D eigenvalue weighted by molar-refractivity contribution is 6.74. The molecule has 0 spiro atoms. The van der Waals surface area contributed by atoms with Crippen molar-refractivity contribution in [3.05, 3.63) is 77.9 Å². The SMILES string of the molecule is CCOC(=O)[C@H](Cc1ccccc1OCc1ccnc(-c2ccccc2F)n1)O[Si](C)(C)C(C)(C)C. The molecule has 0 aliphatic heterocycles. The fraction of sp³-hybridized carbons (Fsp3) is 0.393. The molecular weight excluding hydrogens is 475 g/mol. The minimum absolute atomic E-state index is 0.0588. The van der Waals surface area contributed by atoms with Gasteiger partial charge < -0.3 is 13.9 Å². The Kier molecular flexibility index (Phi) is 8.97. The summed E-state index contributed by atoms with van der Waals surface area (Å²) in [5.74, 6) is 0.166. The van der Waals surface area contributed by atoms with Crippen LogP contribution in [-0.2, 0) is 27.0 Å². The van der Waals surface area contributed by atoms with Crippen molar-refractivity contribution in [2.75, 3.05) is 6.61 Å². The average molecular weight is 511 g/mol. The van der Waals surface area contributed by atoms with Gasteiger partial charge in [-0.3, -0.25) is 0 Å². The Bertz CT molecular complexity index is 1180. The van der Waals surface area contributed by atoms with Crippen LogP contribution < -0.4 is 4.74 Å². The number of rotatable bonds is 10. The lowest BCUT2D eigenvalue weighted by Crippen LogP contribution is -2.47. The Labute approximate surface area is 214 Å². The lowest BCUT2D eigenvalue weighted by atomic mass is 10.1. The maximum atomic E-state index is 14.2. The van der Waals surface area contributed by atoms with E-state index in [2.05, 4.69) is 43.8 Å². The standard InChI is InChI=1S/C28H35FN2O4Si/c1-7-33-27(32)25(35-36(5,6)28(2,3)4)18-20-12-8-11-15-24(20)34-19-21-16-17-30-26(31-21)22-13-9-10-14-23(22)29/h8-17,25H,7,18-19H2,1-6H3/t25-/m0/s1. The molecule has 8 heteroatoms. The quantitative estimate of drug-likeness (QED) is 0.234. The van der Waals surface area contributed by atoms with E-state index in [1.807, 2.05) is 24.3 Å². The molecule has 0 saturated carbocycles. The zero-order valence-electron chi connectivity index (χ0n) is 21.9. The molecule has 6 nitrogen and oxygen atoms in total. The van der Waals surface area contributed by atoms with Gasteiger partial charge in [0.15, 0.2) is 14.1 Å². The van der Waals surface area contributed by atoms with Gasteiger partial charge in [0, 0.05) is 12.6 Å². The number of benzene rings is 2. The average Bonchev–Trinajstić information content (AvgIpc) is 2.83. The molecule has 0 radical (unpaired) electrons. The van der Waals surface area contributed by atoms with E-state index in [1.54, 1.807) is 37.4 Å². The zero-order valence-corrected chi connectivity index (χ0v) is 22.9. The molecule has 3 aromatic rings. The van der Waals surface area contributed by atoms with Gasteiger partial charge in [0.05, 0.1) is 17.9 Å². The van der Waals surface area contributed by atoms with Crippen LogP contribution in [0.15, 0.2) is 60.8 Å². The van der Waals surface area contributed by atoms with Crippen LogP contribution in [0.25, 0.3) is 11.4 Å². The molecule has 36 heavy (non-hydrogen) atoms. The number of esters is 1. The van der Waals surface area contributed by atoms with Gasteiger partial charge in [0.2, 0.25) is 0 Å². The second-order valence-corrected chi connectivity index (χ2v) is 14.8. The van der Waals surface area contributed by atoms with Crippen LogP contribution in [0.1, 0.15) is 39.0 Å². The first-order valence-corrected chi connectivity index (χ1v) is 15.0. The number of halogens is 1. The van der Waals surface area contributed by atoms with Crippen LogP contribution in [0.2, 0.25) is 18.1 Å². The number of para-hydroxylation sites is 1. The second kappa shape index (κ2) is 11.8. The van der Waals surface area contributed by atoms with E-state index >= 15 is 0 Å². The summed E-state index contributed by atoms with van der Waals surface area (Å²) >= 11 is 0. The molecule has 1 atom stereocenters. The molecule has 2 aromatic carbocycles. The third-order valence-corrected chi connectivity index (χ3v) is 10.9. The molecule has 0 saturated heterocycles. The fourth-order valence-electron chi connectivity index (χ4n) is 3.35. The monoisotopic (exact) mass is 510 g/mol. The second-order valence-electron chi connectivity index (χ2n) is 10.1.